The van der Waals surface area contributed by atoms with E-state index in [4.69, 9.17) is 11.0 Å². The second kappa shape index (κ2) is 3.30. The molecule has 0 fully saturated rings. The van der Waals surface area contributed by atoms with Crippen LogP contribution in [0, 0.1) is 11.3 Å². The summed E-state index contributed by atoms with van der Waals surface area (Å²) >= 11 is 1.49. The molecule has 0 saturated heterocycles. The number of rotatable bonds is 2. The molecule has 0 aliphatic rings. The number of nitrogens with zero attached hydrogens (tertiary/aromatic N) is 2. The molecule has 52 valence electrons. The van der Waals surface area contributed by atoms with Crippen molar-refractivity contribution in [1.29, 1.82) is 5.26 Å². The van der Waals surface area contributed by atoms with E-state index in [9.17, 15) is 0 Å². The number of aromatic nitrogens is 1. The van der Waals surface area contributed by atoms with Crippen molar-refractivity contribution in [3.63, 3.8) is 0 Å². The Balaban J connectivity index is 2.61. The summed E-state index contributed by atoms with van der Waals surface area (Å²) in [5.74, 6) is 0. The summed E-state index contributed by atoms with van der Waals surface area (Å²) in [6, 6.07) is 1.78. The van der Waals surface area contributed by atoms with Gasteiger partial charge in [0.05, 0.1) is 29.7 Å². The largest absolute Gasteiger partial charge is 0.322 e. The van der Waals surface area contributed by atoms with Crippen LogP contribution in [0.2, 0.25) is 0 Å². The van der Waals surface area contributed by atoms with E-state index in [0.29, 0.717) is 6.42 Å². The molecule has 0 aliphatic heterocycles. The molecule has 0 amide bonds. The molecule has 1 rings (SSSR count). The average Bonchev–Trinajstić information content (AvgIpc) is 2.38. The predicted octanol–water partition coefficient (Wildman–Crippen LogP) is 1.06. The van der Waals surface area contributed by atoms with Gasteiger partial charge in [-0.15, -0.1) is 11.3 Å². The van der Waals surface area contributed by atoms with Crippen molar-refractivity contribution in [3.05, 3.63) is 16.6 Å². The van der Waals surface area contributed by atoms with Gasteiger partial charge in [-0.3, -0.25) is 0 Å². The van der Waals surface area contributed by atoms with E-state index in [-0.39, 0.29) is 6.04 Å². The Morgan fingerprint density at radius 2 is 2.70 bits per heavy atom. The maximum atomic E-state index is 8.28. The molecule has 0 aromatic carbocycles. The molecule has 0 bridgehead atoms. The number of thiazole rings is 1. The van der Waals surface area contributed by atoms with E-state index < -0.39 is 0 Å². The maximum Gasteiger partial charge on any atom is 0.0795 e. The highest BCUT2D eigenvalue weighted by atomic mass is 32.1. The Bertz CT molecular complexity index is 224. The summed E-state index contributed by atoms with van der Waals surface area (Å²) < 4.78 is 0. The van der Waals surface area contributed by atoms with E-state index in [2.05, 4.69) is 4.98 Å². The van der Waals surface area contributed by atoms with E-state index >= 15 is 0 Å². The van der Waals surface area contributed by atoms with Crippen LogP contribution in [0.4, 0.5) is 0 Å². The normalized spacial score (nSPS) is 12.4. The highest BCUT2D eigenvalue weighted by Gasteiger charge is 2.05. The monoisotopic (exact) mass is 153 g/mol. The molecule has 0 saturated carbocycles. The lowest BCUT2D eigenvalue weighted by Crippen LogP contribution is -2.09. The molecule has 0 spiro atoms. The van der Waals surface area contributed by atoms with Gasteiger partial charge in [0, 0.05) is 5.38 Å². The van der Waals surface area contributed by atoms with Gasteiger partial charge >= 0.3 is 0 Å². The Morgan fingerprint density at radius 1 is 1.90 bits per heavy atom. The topological polar surface area (TPSA) is 62.7 Å². The van der Waals surface area contributed by atoms with Crippen molar-refractivity contribution in [1.82, 2.24) is 4.98 Å². The summed E-state index contributed by atoms with van der Waals surface area (Å²) in [4.78, 5) is 3.98. The van der Waals surface area contributed by atoms with E-state index in [1.54, 1.807) is 5.51 Å². The third-order valence-corrected chi connectivity index (χ3v) is 1.75. The van der Waals surface area contributed by atoms with Crippen LogP contribution < -0.4 is 5.73 Å². The highest BCUT2D eigenvalue weighted by molar-refractivity contribution is 7.07. The van der Waals surface area contributed by atoms with Crippen molar-refractivity contribution in [2.24, 2.45) is 5.73 Å². The van der Waals surface area contributed by atoms with Crippen LogP contribution in [0.5, 0.6) is 0 Å². The fourth-order valence-electron chi connectivity index (χ4n) is 0.608. The van der Waals surface area contributed by atoms with Gasteiger partial charge in [-0.1, -0.05) is 0 Å². The number of nitriles is 1. The molecular weight excluding hydrogens is 146 g/mol. The zero-order chi connectivity index (χ0) is 7.40. The summed E-state index contributed by atoms with van der Waals surface area (Å²) in [7, 11) is 0. The zero-order valence-corrected chi connectivity index (χ0v) is 6.14. The molecule has 3 nitrogen and oxygen atoms in total. The third kappa shape index (κ3) is 1.53. The molecule has 0 radical (unpaired) electrons. The average molecular weight is 153 g/mol. The molecule has 10 heavy (non-hydrogen) atoms. The summed E-state index contributed by atoms with van der Waals surface area (Å²) in [5, 5.41) is 10.1. The SMILES string of the molecule is N#CCC(N)c1cscn1. The number of hydrogen-bond donors (Lipinski definition) is 1. The Kier molecular flexibility index (Phi) is 2.37. The van der Waals surface area contributed by atoms with Gasteiger partial charge in [-0.2, -0.15) is 5.26 Å². The molecule has 1 unspecified atom stereocenters. The Hall–Kier alpha value is -0.920. The second-order valence-electron chi connectivity index (χ2n) is 1.88. The van der Waals surface area contributed by atoms with Crippen molar-refractivity contribution >= 4 is 11.3 Å². The summed E-state index contributed by atoms with van der Waals surface area (Å²) in [6.45, 7) is 0. The van der Waals surface area contributed by atoms with Gasteiger partial charge in [0.15, 0.2) is 0 Å². The third-order valence-electron chi connectivity index (χ3n) is 1.14. The van der Waals surface area contributed by atoms with Crippen LogP contribution in [0.3, 0.4) is 0 Å². The minimum atomic E-state index is -0.212. The van der Waals surface area contributed by atoms with Crippen molar-refractivity contribution in [3.8, 4) is 6.07 Å². The fraction of sp³-hybridized carbons (Fsp3) is 0.333. The van der Waals surface area contributed by atoms with Crippen molar-refractivity contribution < 1.29 is 0 Å². The van der Waals surface area contributed by atoms with Gasteiger partial charge in [0.25, 0.3) is 0 Å². The van der Waals surface area contributed by atoms with Gasteiger partial charge < -0.3 is 5.73 Å². The minimum Gasteiger partial charge on any atom is -0.322 e. The maximum absolute atomic E-state index is 8.28. The molecule has 1 atom stereocenters. The van der Waals surface area contributed by atoms with Crippen LogP contribution >= 0.6 is 11.3 Å². The van der Waals surface area contributed by atoms with E-state index in [1.807, 2.05) is 11.4 Å². The molecular formula is C6H7N3S. The molecule has 1 aromatic rings. The van der Waals surface area contributed by atoms with Crippen LogP contribution in [0.25, 0.3) is 0 Å². The van der Waals surface area contributed by atoms with Gasteiger partial charge in [-0.05, 0) is 0 Å². The second-order valence-corrected chi connectivity index (χ2v) is 2.60. The first kappa shape index (κ1) is 7.19. The first-order valence-electron chi connectivity index (χ1n) is 2.85. The first-order valence-corrected chi connectivity index (χ1v) is 3.79. The van der Waals surface area contributed by atoms with Crippen molar-refractivity contribution in [2.75, 3.05) is 0 Å². The zero-order valence-electron chi connectivity index (χ0n) is 5.32. The number of nitrogens with two attached hydrogens (primary N) is 1. The summed E-state index contributed by atoms with van der Waals surface area (Å²) in [6.07, 6.45) is 0.337. The lowest BCUT2D eigenvalue weighted by atomic mass is 10.2. The lowest BCUT2D eigenvalue weighted by molar-refractivity contribution is 0.726. The van der Waals surface area contributed by atoms with Crippen LogP contribution in [0.15, 0.2) is 10.9 Å². The predicted molar refractivity (Wildman–Crippen MR) is 39.3 cm³/mol. The van der Waals surface area contributed by atoms with Crippen molar-refractivity contribution in [2.45, 2.75) is 12.5 Å². The Morgan fingerprint density at radius 3 is 3.20 bits per heavy atom. The van der Waals surface area contributed by atoms with E-state index in [1.165, 1.54) is 11.3 Å². The molecule has 0 aliphatic carbocycles. The Labute approximate surface area is 63.1 Å². The smallest absolute Gasteiger partial charge is 0.0795 e. The van der Waals surface area contributed by atoms with Crippen LogP contribution in [-0.2, 0) is 0 Å². The lowest BCUT2D eigenvalue weighted by Gasteiger charge is -2.00. The fourth-order valence-corrected chi connectivity index (χ4v) is 1.23. The first-order chi connectivity index (χ1) is 4.84. The minimum absolute atomic E-state index is 0.212. The van der Waals surface area contributed by atoms with Crippen LogP contribution in [-0.4, -0.2) is 4.98 Å². The van der Waals surface area contributed by atoms with Gasteiger partial charge in [0.2, 0.25) is 0 Å². The highest BCUT2D eigenvalue weighted by Crippen LogP contribution is 2.12. The van der Waals surface area contributed by atoms with Gasteiger partial charge in [-0.25, -0.2) is 4.98 Å². The standard InChI is InChI=1S/C6H7N3S/c7-2-1-5(8)6-3-10-4-9-6/h3-5H,1,8H2. The quantitative estimate of drug-likeness (QED) is 0.690. The molecule has 1 aromatic heterocycles. The van der Waals surface area contributed by atoms with Crippen LogP contribution in [0.1, 0.15) is 18.2 Å². The van der Waals surface area contributed by atoms with E-state index in [0.717, 1.165) is 5.69 Å². The van der Waals surface area contributed by atoms with Gasteiger partial charge in [0.1, 0.15) is 0 Å². The molecule has 1 heterocycles. The number of hydrogen-bond acceptors (Lipinski definition) is 4. The summed E-state index contributed by atoms with van der Waals surface area (Å²) in [5.41, 5.74) is 8.10. The molecule has 4 heteroatoms. The molecule has 2 N–H and O–H groups in total.